The summed E-state index contributed by atoms with van der Waals surface area (Å²) >= 11 is 0. The Kier molecular flexibility index (Phi) is 6.06. The fourth-order valence-electron chi connectivity index (χ4n) is 1.77. The molecule has 0 aliphatic heterocycles. The second-order valence-electron chi connectivity index (χ2n) is 4.64. The molecule has 4 nitrogen and oxygen atoms in total. The van der Waals surface area contributed by atoms with E-state index in [1.54, 1.807) is 31.2 Å². The summed E-state index contributed by atoms with van der Waals surface area (Å²) in [6, 6.07) is 7.11. The van der Waals surface area contributed by atoms with Gasteiger partial charge in [0.2, 0.25) is 5.91 Å². The molecular formula is C15H22N2O2. The van der Waals surface area contributed by atoms with Crippen molar-refractivity contribution in [2.45, 2.75) is 46.1 Å². The van der Waals surface area contributed by atoms with Crippen molar-refractivity contribution in [3.8, 4) is 0 Å². The van der Waals surface area contributed by atoms with Crippen LogP contribution < -0.4 is 10.6 Å². The summed E-state index contributed by atoms with van der Waals surface area (Å²) in [6.45, 7) is 5.89. The van der Waals surface area contributed by atoms with E-state index in [2.05, 4.69) is 17.6 Å². The molecule has 2 N–H and O–H groups in total. The van der Waals surface area contributed by atoms with Crippen LogP contribution in [0.5, 0.6) is 0 Å². The number of amides is 2. The lowest BCUT2D eigenvalue weighted by Gasteiger charge is -2.13. The molecule has 0 aliphatic rings. The van der Waals surface area contributed by atoms with Crippen LogP contribution in [0.3, 0.4) is 0 Å². The molecule has 0 heterocycles. The average molecular weight is 262 g/mol. The number of hydrogen-bond donors (Lipinski definition) is 2. The van der Waals surface area contributed by atoms with Gasteiger partial charge in [-0.25, -0.2) is 0 Å². The Balaban J connectivity index is 2.60. The normalized spacial score (nSPS) is 11.7. The molecule has 2 amide bonds. The summed E-state index contributed by atoms with van der Waals surface area (Å²) in [5.41, 5.74) is 1.32. The van der Waals surface area contributed by atoms with Gasteiger partial charge >= 0.3 is 0 Å². The second kappa shape index (κ2) is 7.56. The summed E-state index contributed by atoms with van der Waals surface area (Å²) in [6.07, 6.45) is 2.45. The first-order valence-electron chi connectivity index (χ1n) is 6.77. The van der Waals surface area contributed by atoms with Crippen LogP contribution in [0.25, 0.3) is 0 Å². The number of carbonyl (C=O) groups excluding carboxylic acids is 2. The maximum atomic E-state index is 11.9. The van der Waals surface area contributed by atoms with Gasteiger partial charge in [-0.1, -0.05) is 20.3 Å². The van der Waals surface area contributed by atoms with Crippen molar-refractivity contribution in [1.29, 1.82) is 0 Å². The largest absolute Gasteiger partial charge is 0.350 e. The molecule has 104 valence electrons. The Bertz CT molecular complexity index is 426. The minimum atomic E-state index is -0.0747. The summed E-state index contributed by atoms with van der Waals surface area (Å²) in [7, 11) is 0. The molecule has 0 bridgehead atoms. The predicted molar refractivity (Wildman–Crippen MR) is 77.2 cm³/mol. The Morgan fingerprint density at radius 1 is 1.16 bits per heavy atom. The van der Waals surface area contributed by atoms with Crippen LogP contribution in [0.15, 0.2) is 24.3 Å². The van der Waals surface area contributed by atoms with Crippen LogP contribution in [0.4, 0.5) is 5.69 Å². The highest BCUT2D eigenvalue weighted by molar-refractivity contribution is 5.95. The van der Waals surface area contributed by atoms with Gasteiger partial charge in [-0.05, 0) is 37.6 Å². The summed E-state index contributed by atoms with van der Waals surface area (Å²) in [5.74, 6) is -0.108. The number of anilines is 1. The number of rotatable bonds is 6. The highest BCUT2D eigenvalue weighted by Crippen LogP contribution is 2.10. The summed E-state index contributed by atoms with van der Waals surface area (Å²) < 4.78 is 0. The van der Waals surface area contributed by atoms with Gasteiger partial charge in [0, 0.05) is 23.7 Å². The van der Waals surface area contributed by atoms with Gasteiger partial charge in [-0.3, -0.25) is 9.59 Å². The van der Waals surface area contributed by atoms with Crippen molar-refractivity contribution in [2.24, 2.45) is 0 Å². The second-order valence-corrected chi connectivity index (χ2v) is 4.64. The quantitative estimate of drug-likeness (QED) is 0.828. The van der Waals surface area contributed by atoms with Gasteiger partial charge < -0.3 is 10.6 Å². The molecule has 4 heteroatoms. The lowest BCUT2D eigenvalue weighted by atomic mass is 10.1. The third-order valence-electron chi connectivity index (χ3n) is 2.85. The summed E-state index contributed by atoms with van der Waals surface area (Å²) in [5, 5.41) is 5.69. The van der Waals surface area contributed by atoms with E-state index in [1.807, 2.05) is 6.92 Å². The van der Waals surface area contributed by atoms with Crippen molar-refractivity contribution in [1.82, 2.24) is 5.32 Å². The van der Waals surface area contributed by atoms with Crippen molar-refractivity contribution < 1.29 is 9.59 Å². The SMILES string of the molecule is CCC[C@H](C)NC(=O)c1ccc(NC(=O)CC)cc1. The zero-order valence-corrected chi connectivity index (χ0v) is 11.8. The molecule has 1 aromatic rings. The molecule has 1 aromatic carbocycles. The average Bonchev–Trinajstić information content (AvgIpc) is 2.39. The van der Waals surface area contributed by atoms with Gasteiger partial charge in [-0.2, -0.15) is 0 Å². The molecule has 1 rings (SSSR count). The van der Waals surface area contributed by atoms with Gasteiger partial charge in [0.1, 0.15) is 0 Å². The Morgan fingerprint density at radius 3 is 2.32 bits per heavy atom. The zero-order valence-electron chi connectivity index (χ0n) is 11.8. The van der Waals surface area contributed by atoms with E-state index in [-0.39, 0.29) is 17.9 Å². The number of hydrogen-bond acceptors (Lipinski definition) is 2. The van der Waals surface area contributed by atoms with Gasteiger partial charge in [0.25, 0.3) is 5.91 Å². The van der Waals surface area contributed by atoms with Crippen LogP contribution in [0.1, 0.15) is 50.4 Å². The van der Waals surface area contributed by atoms with Crippen LogP contribution >= 0.6 is 0 Å². The maximum absolute atomic E-state index is 11.9. The summed E-state index contributed by atoms with van der Waals surface area (Å²) in [4.78, 5) is 23.1. The Labute approximate surface area is 114 Å². The monoisotopic (exact) mass is 262 g/mol. The van der Waals surface area contributed by atoms with Gasteiger partial charge in [0.15, 0.2) is 0 Å². The van der Waals surface area contributed by atoms with Crippen molar-refractivity contribution >= 4 is 17.5 Å². The lowest BCUT2D eigenvalue weighted by Crippen LogP contribution is -2.32. The molecule has 0 radical (unpaired) electrons. The van der Waals surface area contributed by atoms with E-state index in [0.29, 0.717) is 17.7 Å². The van der Waals surface area contributed by atoms with Crippen molar-refractivity contribution in [3.63, 3.8) is 0 Å². The zero-order chi connectivity index (χ0) is 14.3. The van der Waals surface area contributed by atoms with Crippen molar-refractivity contribution in [3.05, 3.63) is 29.8 Å². The minimum absolute atomic E-state index is 0.0335. The van der Waals surface area contributed by atoms with Crippen LogP contribution in [0.2, 0.25) is 0 Å². The van der Waals surface area contributed by atoms with E-state index < -0.39 is 0 Å². The molecule has 0 aromatic heterocycles. The van der Waals surface area contributed by atoms with Crippen LogP contribution in [-0.4, -0.2) is 17.9 Å². The predicted octanol–water partition coefficient (Wildman–Crippen LogP) is 2.95. The number of carbonyl (C=O) groups is 2. The first kappa shape index (κ1) is 15.2. The van der Waals surface area contributed by atoms with Crippen molar-refractivity contribution in [2.75, 3.05) is 5.32 Å². The maximum Gasteiger partial charge on any atom is 0.251 e. The molecular weight excluding hydrogens is 240 g/mol. The third kappa shape index (κ3) is 5.12. The lowest BCUT2D eigenvalue weighted by molar-refractivity contribution is -0.115. The number of nitrogens with one attached hydrogen (secondary N) is 2. The van der Waals surface area contributed by atoms with E-state index in [0.717, 1.165) is 12.8 Å². The van der Waals surface area contributed by atoms with E-state index in [1.165, 1.54) is 0 Å². The highest BCUT2D eigenvalue weighted by Gasteiger charge is 2.09. The molecule has 19 heavy (non-hydrogen) atoms. The fraction of sp³-hybridized carbons (Fsp3) is 0.467. The standard InChI is InChI=1S/C15H22N2O2/c1-4-6-11(3)16-15(19)12-7-9-13(10-8-12)17-14(18)5-2/h7-11H,4-6H2,1-3H3,(H,16,19)(H,17,18)/t11-/m0/s1. The smallest absolute Gasteiger partial charge is 0.251 e. The Hall–Kier alpha value is -1.84. The van der Waals surface area contributed by atoms with Gasteiger partial charge in [-0.15, -0.1) is 0 Å². The third-order valence-corrected chi connectivity index (χ3v) is 2.85. The molecule has 0 saturated carbocycles. The van der Waals surface area contributed by atoms with E-state index >= 15 is 0 Å². The molecule has 0 spiro atoms. The molecule has 1 atom stereocenters. The minimum Gasteiger partial charge on any atom is -0.350 e. The number of benzene rings is 1. The topological polar surface area (TPSA) is 58.2 Å². The Morgan fingerprint density at radius 2 is 1.79 bits per heavy atom. The van der Waals surface area contributed by atoms with Gasteiger partial charge in [0.05, 0.1) is 0 Å². The molecule has 0 saturated heterocycles. The van der Waals surface area contributed by atoms with E-state index in [9.17, 15) is 9.59 Å². The molecule has 0 unspecified atom stereocenters. The first-order valence-corrected chi connectivity index (χ1v) is 6.77. The molecule has 0 fully saturated rings. The van der Waals surface area contributed by atoms with Crippen LogP contribution in [0, 0.1) is 0 Å². The van der Waals surface area contributed by atoms with Crippen LogP contribution in [-0.2, 0) is 4.79 Å². The molecule has 0 aliphatic carbocycles. The highest BCUT2D eigenvalue weighted by atomic mass is 16.2. The fourth-order valence-corrected chi connectivity index (χ4v) is 1.77. The van der Waals surface area contributed by atoms with E-state index in [4.69, 9.17) is 0 Å². The first-order chi connectivity index (χ1) is 9.06.